The minimum Gasteiger partial charge on any atom is -0.382 e. The number of urea groups is 1. The summed E-state index contributed by atoms with van der Waals surface area (Å²) in [7, 11) is 0. The molecule has 190 valence electrons. The van der Waals surface area contributed by atoms with Gasteiger partial charge in [0.25, 0.3) is 5.91 Å². The van der Waals surface area contributed by atoms with Gasteiger partial charge in [-0.1, -0.05) is 31.5 Å². The fraction of sp³-hybridized carbons (Fsp3) is 0.296. The molecular formula is C27H30N8O2. The van der Waals surface area contributed by atoms with Gasteiger partial charge in [0.15, 0.2) is 5.82 Å². The fourth-order valence-corrected chi connectivity index (χ4v) is 4.82. The van der Waals surface area contributed by atoms with E-state index in [0.717, 1.165) is 43.6 Å². The zero-order chi connectivity index (χ0) is 25.9. The van der Waals surface area contributed by atoms with Gasteiger partial charge in [0.1, 0.15) is 17.7 Å². The minimum absolute atomic E-state index is 0.0401. The van der Waals surface area contributed by atoms with Gasteiger partial charge in [-0.05, 0) is 55.5 Å². The largest absolute Gasteiger partial charge is 0.382 e. The quantitative estimate of drug-likeness (QED) is 0.369. The fourth-order valence-electron chi connectivity index (χ4n) is 4.82. The molecule has 4 aromatic rings. The molecule has 3 aromatic heterocycles. The minimum atomic E-state index is -0.399. The van der Waals surface area contributed by atoms with E-state index in [-0.39, 0.29) is 5.91 Å². The lowest BCUT2D eigenvalue weighted by molar-refractivity contribution is 0.0689. The summed E-state index contributed by atoms with van der Waals surface area (Å²) in [4.78, 5) is 36.4. The van der Waals surface area contributed by atoms with Gasteiger partial charge < -0.3 is 16.0 Å². The molecule has 0 atom stereocenters. The van der Waals surface area contributed by atoms with Gasteiger partial charge >= 0.3 is 6.03 Å². The van der Waals surface area contributed by atoms with Crippen LogP contribution in [0.5, 0.6) is 0 Å². The van der Waals surface area contributed by atoms with Crippen LogP contribution < -0.4 is 16.4 Å². The molecule has 37 heavy (non-hydrogen) atoms. The van der Waals surface area contributed by atoms with Crippen molar-refractivity contribution in [1.82, 2.24) is 24.5 Å². The molecule has 1 aromatic carbocycles. The molecule has 1 aliphatic rings. The second kappa shape index (κ2) is 10.3. The van der Waals surface area contributed by atoms with E-state index in [2.05, 4.69) is 32.6 Å². The third-order valence-electron chi connectivity index (χ3n) is 6.87. The van der Waals surface area contributed by atoms with Gasteiger partial charge in [-0.3, -0.25) is 10.1 Å². The molecule has 1 fully saturated rings. The highest BCUT2D eigenvalue weighted by Gasteiger charge is 2.28. The zero-order valence-corrected chi connectivity index (χ0v) is 20.9. The molecule has 4 N–H and O–H groups in total. The molecule has 0 bridgehead atoms. The van der Waals surface area contributed by atoms with Crippen molar-refractivity contribution in [1.29, 1.82) is 0 Å². The van der Waals surface area contributed by atoms with Crippen molar-refractivity contribution < 1.29 is 9.59 Å². The van der Waals surface area contributed by atoms with Gasteiger partial charge in [-0.25, -0.2) is 19.3 Å². The van der Waals surface area contributed by atoms with Crippen LogP contribution in [0.2, 0.25) is 0 Å². The number of carbonyl (C=O) groups is 2. The summed E-state index contributed by atoms with van der Waals surface area (Å²) < 4.78 is 1.61. The Kier molecular flexibility index (Phi) is 6.72. The lowest BCUT2D eigenvalue weighted by atomic mass is 9.93. The number of nitrogens with two attached hydrogens (primary N) is 1. The number of pyridine rings is 1. The number of carbonyl (C=O) groups excluding carboxylic acids is 2. The van der Waals surface area contributed by atoms with Crippen LogP contribution in [-0.2, 0) is 0 Å². The first-order valence-electron chi connectivity index (χ1n) is 12.5. The van der Waals surface area contributed by atoms with Crippen LogP contribution in [0, 0.1) is 12.8 Å². The van der Waals surface area contributed by atoms with E-state index in [0.29, 0.717) is 39.9 Å². The Labute approximate surface area is 214 Å². The molecule has 1 aliphatic heterocycles. The molecule has 10 nitrogen and oxygen atoms in total. The first-order chi connectivity index (χ1) is 17.9. The molecule has 0 unspecified atom stereocenters. The Balaban J connectivity index is 1.41. The molecule has 10 heteroatoms. The number of amides is 3. The summed E-state index contributed by atoms with van der Waals surface area (Å²) in [5.74, 6) is 1.38. The summed E-state index contributed by atoms with van der Waals surface area (Å²) in [5, 5.41) is 9.82. The maximum atomic E-state index is 13.6. The molecular weight excluding hydrogens is 468 g/mol. The number of nitrogens with one attached hydrogen (secondary N) is 2. The van der Waals surface area contributed by atoms with Crippen LogP contribution in [0.3, 0.4) is 0 Å². The third kappa shape index (κ3) is 5.09. The Morgan fingerprint density at radius 1 is 1.08 bits per heavy atom. The van der Waals surface area contributed by atoms with E-state index in [1.54, 1.807) is 28.9 Å². The van der Waals surface area contributed by atoms with Crippen LogP contribution in [0.4, 0.5) is 22.1 Å². The predicted molar refractivity (Wildman–Crippen MR) is 143 cm³/mol. The summed E-state index contributed by atoms with van der Waals surface area (Å²) in [6.45, 7) is 5.52. The SMILES string of the molecule is CCC1CCN(C(=O)c2cn3ncnc(N)c3c2-c2ccc(NC(=O)Nc3cccc(C)n3)cc2)CC1. The molecule has 1 saturated heterocycles. The van der Waals surface area contributed by atoms with Crippen LogP contribution in [0.25, 0.3) is 16.6 Å². The van der Waals surface area contributed by atoms with Crippen molar-refractivity contribution in [2.45, 2.75) is 33.1 Å². The van der Waals surface area contributed by atoms with Gasteiger partial charge in [0.05, 0.1) is 5.56 Å². The van der Waals surface area contributed by atoms with Gasteiger partial charge in [-0.2, -0.15) is 5.10 Å². The van der Waals surface area contributed by atoms with E-state index in [4.69, 9.17) is 5.73 Å². The number of aromatic nitrogens is 4. The molecule has 5 rings (SSSR count). The normalized spacial score (nSPS) is 14.1. The molecule has 4 heterocycles. The topological polar surface area (TPSA) is 131 Å². The number of rotatable bonds is 5. The number of nitrogens with zero attached hydrogens (tertiary/aromatic N) is 5. The number of hydrogen-bond acceptors (Lipinski definition) is 6. The second-order valence-corrected chi connectivity index (χ2v) is 9.32. The van der Waals surface area contributed by atoms with Crippen LogP contribution >= 0.6 is 0 Å². The smallest absolute Gasteiger partial charge is 0.324 e. The van der Waals surface area contributed by atoms with Crippen molar-refractivity contribution >= 4 is 34.8 Å². The first-order valence-corrected chi connectivity index (χ1v) is 12.5. The maximum absolute atomic E-state index is 13.6. The maximum Gasteiger partial charge on any atom is 0.324 e. The Bertz CT molecular complexity index is 1440. The van der Waals surface area contributed by atoms with Gasteiger partial charge in [0, 0.05) is 36.2 Å². The van der Waals surface area contributed by atoms with Crippen LogP contribution in [-0.4, -0.2) is 49.5 Å². The first kappa shape index (κ1) is 24.2. The lowest BCUT2D eigenvalue weighted by Gasteiger charge is -2.31. The number of aryl methyl sites for hydroxylation is 1. The molecule has 0 aliphatic carbocycles. The van der Waals surface area contributed by atoms with Gasteiger partial charge in [0.2, 0.25) is 0 Å². The zero-order valence-electron chi connectivity index (χ0n) is 20.9. The molecule has 3 amide bonds. The number of nitrogen functional groups attached to an aromatic ring is 1. The third-order valence-corrected chi connectivity index (χ3v) is 6.87. The van der Waals surface area contributed by atoms with Crippen molar-refractivity contribution in [2.24, 2.45) is 5.92 Å². The van der Waals surface area contributed by atoms with Crippen molar-refractivity contribution in [3.8, 4) is 11.1 Å². The average Bonchev–Trinajstić information content (AvgIpc) is 3.30. The van der Waals surface area contributed by atoms with E-state index in [9.17, 15) is 9.59 Å². The second-order valence-electron chi connectivity index (χ2n) is 9.32. The van der Waals surface area contributed by atoms with Crippen molar-refractivity contribution in [3.63, 3.8) is 0 Å². The number of benzene rings is 1. The number of fused-ring (bicyclic) bond motifs is 1. The van der Waals surface area contributed by atoms with E-state index < -0.39 is 6.03 Å². The number of anilines is 3. The van der Waals surface area contributed by atoms with Crippen LogP contribution in [0.1, 0.15) is 42.2 Å². The van der Waals surface area contributed by atoms with Crippen LogP contribution in [0.15, 0.2) is 55.0 Å². The van der Waals surface area contributed by atoms with E-state index in [1.165, 1.54) is 6.33 Å². The summed E-state index contributed by atoms with van der Waals surface area (Å²) >= 11 is 0. The average molecular weight is 499 g/mol. The monoisotopic (exact) mass is 498 g/mol. The Hall–Kier alpha value is -4.47. The Morgan fingerprint density at radius 2 is 1.84 bits per heavy atom. The predicted octanol–water partition coefficient (Wildman–Crippen LogP) is 4.59. The molecule has 0 spiro atoms. The van der Waals surface area contributed by atoms with Crippen molar-refractivity contribution in [2.75, 3.05) is 29.5 Å². The number of likely N-dealkylation sites (tertiary alicyclic amines) is 1. The number of piperidine rings is 1. The Morgan fingerprint density at radius 3 is 2.54 bits per heavy atom. The molecule has 0 radical (unpaired) electrons. The highest BCUT2D eigenvalue weighted by atomic mass is 16.2. The summed E-state index contributed by atoms with van der Waals surface area (Å²) in [6, 6.07) is 12.3. The number of hydrogen-bond donors (Lipinski definition) is 3. The molecule has 0 saturated carbocycles. The van der Waals surface area contributed by atoms with E-state index in [1.807, 2.05) is 36.1 Å². The van der Waals surface area contributed by atoms with E-state index >= 15 is 0 Å². The van der Waals surface area contributed by atoms with Gasteiger partial charge in [-0.15, -0.1) is 0 Å². The highest BCUT2D eigenvalue weighted by molar-refractivity contribution is 6.07. The van der Waals surface area contributed by atoms with Crippen molar-refractivity contribution in [3.05, 3.63) is 66.2 Å². The summed E-state index contributed by atoms with van der Waals surface area (Å²) in [5.41, 5.74) is 10.2. The summed E-state index contributed by atoms with van der Waals surface area (Å²) in [6.07, 6.45) is 6.25. The standard InChI is InChI=1S/C27H30N8O2/c1-3-18-11-13-34(14-12-18)26(36)21-15-35-24(25(28)29-16-30-35)23(21)19-7-9-20(10-8-19)32-27(37)33-22-6-4-5-17(2)31-22/h4-10,15-16,18H,3,11-14H2,1-2H3,(H2,28,29,30)(H2,31,32,33,37). The highest BCUT2D eigenvalue weighted by Crippen LogP contribution is 2.34. The lowest BCUT2D eigenvalue weighted by Crippen LogP contribution is -2.38.